The van der Waals surface area contributed by atoms with Gasteiger partial charge in [-0.05, 0) is 43.3 Å². The molecule has 0 unspecified atom stereocenters. The van der Waals surface area contributed by atoms with Gasteiger partial charge >= 0.3 is 0 Å². The van der Waals surface area contributed by atoms with Gasteiger partial charge in [-0.2, -0.15) is 0 Å². The van der Waals surface area contributed by atoms with E-state index in [0.717, 1.165) is 0 Å². The summed E-state index contributed by atoms with van der Waals surface area (Å²) in [6.45, 7) is 1.48. The lowest BCUT2D eigenvalue weighted by atomic mass is 10.2. The molecule has 26 heavy (non-hydrogen) atoms. The normalized spacial score (nSPS) is 10.6. The molecule has 0 saturated carbocycles. The molecule has 1 heterocycles. The van der Waals surface area contributed by atoms with Crippen LogP contribution in [0.5, 0.6) is 0 Å². The molecule has 0 bridgehead atoms. The van der Waals surface area contributed by atoms with Gasteiger partial charge in [-0.1, -0.05) is 23.7 Å². The number of halogens is 2. The topological polar surface area (TPSA) is 64.0 Å². The summed E-state index contributed by atoms with van der Waals surface area (Å²) in [6, 6.07) is 13.6. The molecular weight excluding hydrogens is 357 g/mol. The fraction of sp³-hybridized carbons (Fsp3) is 0.105. The molecule has 132 valence electrons. The van der Waals surface area contributed by atoms with Gasteiger partial charge in [0.05, 0.1) is 0 Å². The Hall–Kier alpha value is -2.99. The van der Waals surface area contributed by atoms with Crippen LogP contribution in [0.3, 0.4) is 0 Å². The van der Waals surface area contributed by atoms with E-state index in [1.165, 1.54) is 34.9 Å². The predicted molar refractivity (Wildman–Crippen MR) is 98.7 cm³/mol. The first-order chi connectivity index (χ1) is 12.4. The third-order valence-electron chi connectivity index (χ3n) is 3.65. The fourth-order valence-electron chi connectivity index (χ4n) is 2.50. The van der Waals surface area contributed by atoms with Gasteiger partial charge in [0, 0.05) is 28.0 Å². The van der Waals surface area contributed by atoms with E-state index in [0.29, 0.717) is 27.8 Å². The Morgan fingerprint density at radius 2 is 1.92 bits per heavy atom. The van der Waals surface area contributed by atoms with Gasteiger partial charge in [0.1, 0.15) is 18.2 Å². The molecule has 1 amide bonds. The molecule has 0 spiro atoms. The van der Waals surface area contributed by atoms with Crippen molar-refractivity contribution in [3.8, 4) is 11.4 Å². The SMILES string of the molecule is Cc1cc(=O)n(CC(=O)Nc2ccc(F)cc2)c(-c2cccc(Cl)c2)n1. The van der Waals surface area contributed by atoms with Crippen LogP contribution in [0.15, 0.2) is 59.4 Å². The van der Waals surface area contributed by atoms with Gasteiger partial charge in [-0.15, -0.1) is 0 Å². The lowest BCUT2D eigenvalue weighted by Crippen LogP contribution is -2.29. The Morgan fingerprint density at radius 3 is 2.62 bits per heavy atom. The highest BCUT2D eigenvalue weighted by Gasteiger charge is 2.13. The largest absolute Gasteiger partial charge is 0.325 e. The van der Waals surface area contributed by atoms with Crippen LogP contribution in [0, 0.1) is 12.7 Å². The second-order valence-electron chi connectivity index (χ2n) is 5.71. The molecule has 0 radical (unpaired) electrons. The van der Waals surface area contributed by atoms with Crippen LogP contribution in [0.25, 0.3) is 11.4 Å². The van der Waals surface area contributed by atoms with E-state index < -0.39 is 11.7 Å². The number of carbonyl (C=O) groups is 1. The first-order valence-electron chi connectivity index (χ1n) is 7.82. The lowest BCUT2D eigenvalue weighted by Gasteiger charge is -2.13. The predicted octanol–water partition coefficient (Wildman–Crippen LogP) is 3.65. The number of aromatic nitrogens is 2. The second-order valence-corrected chi connectivity index (χ2v) is 6.15. The van der Waals surface area contributed by atoms with Gasteiger partial charge < -0.3 is 5.32 Å². The van der Waals surface area contributed by atoms with E-state index in [-0.39, 0.29) is 12.1 Å². The van der Waals surface area contributed by atoms with Crippen LogP contribution in [-0.2, 0) is 11.3 Å². The highest BCUT2D eigenvalue weighted by atomic mass is 35.5. The van der Waals surface area contributed by atoms with Crippen LogP contribution in [0.2, 0.25) is 5.02 Å². The number of anilines is 1. The fourth-order valence-corrected chi connectivity index (χ4v) is 2.69. The van der Waals surface area contributed by atoms with Crippen molar-refractivity contribution in [2.45, 2.75) is 13.5 Å². The highest BCUT2D eigenvalue weighted by molar-refractivity contribution is 6.30. The highest BCUT2D eigenvalue weighted by Crippen LogP contribution is 2.20. The van der Waals surface area contributed by atoms with Crippen LogP contribution < -0.4 is 10.9 Å². The minimum absolute atomic E-state index is 0.231. The molecule has 7 heteroatoms. The second kappa shape index (κ2) is 7.49. The monoisotopic (exact) mass is 371 g/mol. The molecule has 0 aliphatic rings. The van der Waals surface area contributed by atoms with Gasteiger partial charge in [-0.25, -0.2) is 9.37 Å². The van der Waals surface area contributed by atoms with E-state index in [2.05, 4.69) is 10.3 Å². The number of hydrogen-bond acceptors (Lipinski definition) is 3. The molecule has 0 saturated heterocycles. The molecule has 3 aromatic rings. The molecule has 3 rings (SSSR count). The van der Waals surface area contributed by atoms with Crippen LogP contribution in [-0.4, -0.2) is 15.5 Å². The standard InChI is InChI=1S/C19H15ClFN3O2/c1-12-9-18(26)24(19(22-12)13-3-2-4-14(20)10-13)11-17(25)23-16-7-5-15(21)6-8-16/h2-10H,11H2,1H3,(H,23,25). The third-order valence-corrected chi connectivity index (χ3v) is 3.88. The number of hydrogen-bond donors (Lipinski definition) is 1. The van der Waals surface area contributed by atoms with E-state index in [1.54, 1.807) is 31.2 Å². The number of nitrogens with zero attached hydrogens (tertiary/aromatic N) is 2. The minimum atomic E-state index is -0.423. The molecule has 1 aromatic heterocycles. The van der Waals surface area contributed by atoms with Crippen molar-refractivity contribution in [3.05, 3.63) is 81.5 Å². The average Bonchev–Trinajstić information content (AvgIpc) is 2.59. The van der Waals surface area contributed by atoms with Crippen LogP contribution in [0.1, 0.15) is 5.69 Å². The van der Waals surface area contributed by atoms with Crippen molar-refractivity contribution < 1.29 is 9.18 Å². The van der Waals surface area contributed by atoms with Gasteiger partial charge in [0.15, 0.2) is 0 Å². The van der Waals surface area contributed by atoms with E-state index in [1.807, 2.05) is 0 Å². The van der Waals surface area contributed by atoms with Gasteiger partial charge in [0.2, 0.25) is 5.91 Å². The summed E-state index contributed by atoms with van der Waals surface area (Å²) in [5, 5.41) is 3.13. The average molecular weight is 372 g/mol. The lowest BCUT2D eigenvalue weighted by molar-refractivity contribution is -0.116. The van der Waals surface area contributed by atoms with Crippen LogP contribution >= 0.6 is 11.6 Å². The molecule has 0 fully saturated rings. The number of benzene rings is 2. The third kappa shape index (κ3) is 4.15. The maximum absolute atomic E-state index is 13.0. The molecule has 2 aromatic carbocycles. The summed E-state index contributed by atoms with van der Waals surface area (Å²) < 4.78 is 14.2. The van der Waals surface area contributed by atoms with E-state index >= 15 is 0 Å². The number of aryl methyl sites for hydroxylation is 1. The summed E-state index contributed by atoms with van der Waals surface area (Å²) in [5.41, 5.74) is 1.27. The number of rotatable bonds is 4. The quantitative estimate of drug-likeness (QED) is 0.761. The summed E-state index contributed by atoms with van der Waals surface area (Å²) in [4.78, 5) is 29.1. The van der Waals surface area contributed by atoms with Crippen LogP contribution in [0.4, 0.5) is 10.1 Å². The molecule has 0 atom stereocenters. The van der Waals surface area contributed by atoms with Crippen molar-refractivity contribution in [2.24, 2.45) is 0 Å². The number of nitrogens with one attached hydrogen (secondary N) is 1. The van der Waals surface area contributed by atoms with Gasteiger partial charge in [0.25, 0.3) is 5.56 Å². The van der Waals surface area contributed by atoms with E-state index in [4.69, 9.17) is 11.6 Å². The van der Waals surface area contributed by atoms with Crippen molar-refractivity contribution in [3.63, 3.8) is 0 Å². The van der Waals surface area contributed by atoms with Crippen molar-refractivity contribution in [1.82, 2.24) is 9.55 Å². The molecular formula is C19H15ClFN3O2. The summed E-state index contributed by atoms with van der Waals surface area (Å²) >= 11 is 6.03. The number of amides is 1. The summed E-state index contributed by atoms with van der Waals surface area (Å²) in [5.74, 6) is -0.468. The maximum Gasteiger partial charge on any atom is 0.254 e. The molecule has 5 nitrogen and oxygen atoms in total. The van der Waals surface area contributed by atoms with Crippen molar-refractivity contribution in [1.29, 1.82) is 0 Å². The zero-order chi connectivity index (χ0) is 18.7. The zero-order valence-corrected chi connectivity index (χ0v) is 14.6. The summed E-state index contributed by atoms with van der Waals surface area (Å²) in [7, 11) is 0. The smallest absolute Gasteiger partial charge is 0.254 e. The van der Waals surface area contributed by atoms with Gasteiger partial charge in [-0.3, -0.25) is 14.2 Å². The molecule has 0 aliphatic carbocycles. The van der Waals surface area contributed by atoms with E-state index in [9.17, 15) is 14.0 Å². The number of carbonyl (C=O) groups excluding carboxylic acids is 1. The molecule has 1 N–H and O–H groups in total. The Kier molecular flexibility index (Phi) is 5.14. The first-order valence-corrected chi connectivity index (χ1v) is 8.20. The minimum Gasteiger partial charge on any atom is -0.325 e. The zero-order valence-electron chi connectivity index (χ0n) is 13.9. The summed E-state index contributed by atoms with van der Waals surface area (Å²) in [6.07, 6.45) is 0. The molecule has 0 aliphatic heterocycles. The Bertz CT molecular complexity index is 1020. The Labute approximate surface area is 154 Å². The Morgan fingerprint density at radius 1 is 1.19 bits per heavy atom. The maximum atomic E-state index is 13.0. The van der Waals surface area contributed by atoms with Crippen molar-refractivity contribution >= 4 is 23.2 Å². The Balaban J connectivity index is 1.93. The first kappa shape index (κ1) is 17.8. The van der Waals surface area contributed by atoms with Crippen molar-refractivity contribution in [2.75, 3.05) is 5.32 Å².